The van der Waals surface area contributed by atoms with Gasteiger partial charge in [-0.25, -0.2) is 4.79 Å². The van der Waals surface area contributed by atoms with Gasteiger partial charge >= 0.3 is 5.69 Å². The van der Waals surface area contributed by atoms with Crippen molar-refractivity contribution in [3.63, 3.8) is 0 Å². The van der Waals surface area contributed by atoms with Crippen molar-refractivity contribution in [1.82, 2.24) is 9.55 Å². The van der Waals surface area contributed by atoms with Gasteiger partial charge in [-0.1, -0.05) is 42.5 Å². The quantitative estimate of drug-likeness (QED) is 0.884. The molecule has 3 rings (SSSR count). The van der Waals surface area contributed by atoms with Crippen LogP contribution in [0, 0.1) is 16.0 Å². The summed E-state index contributed by atoms with van der Waals surface area (Å²) in [7, 11) is 0. The molecule has 0 amide bonds. The first kappa shape index (κ1) is 14.5. The van der Waals surface area contributed by atoms with Crippen LogP contribution in [0.25, 0.3) is 0 Å². The zero-order valence-electron chi connectivity index (χ0n) is 12.1. The van der Waals surface area contributed by atoms with Crippen molar-refractivity contribution >= 4 is 18.0 Å². The first-order valence-corrected chi connectivity index (χ1v) is 7.67. The number of aromatic amines is 1. The standard InChI is InChI=1S/C16H16N4OS/c17-10-13-14(19-8-4-5-9-19)18-16(21)20(15(13)22)11-12-6-2-1-3-7-12/h1-3,6-7H,4-5,8-9,11H2,(H,18,21). The Labute approximate surface area is 133 Å². The molecule has 1 N–H and O–H groups in total. The predicted octanol–water partition coefficient (Wildman–Crippen LogP) is 2.43. The third-order valence-electron chi connectivity index (χ3n) is 3.88. The Balaban J connectivity index is 2.08. The molecule has 22 heavy (non-hydrogen) atoms. The molecule has 0 aliphatic carbocycles. The van der Waals surface area contributed by atoms with Crippen LogP contribution in [0.4, 0.5) is 5.82 Å². The van der Waals surface area contributed by atoms with Crippen LogP contribution >= 0.6 is 12.2 Å². The van der Waals surface area contributed by atoms with Gasteiger partial charge in [-0.05, 0) is 18.4 Å². The van der Waals surface area contributed by atoms with Gasteiger partial charge in [0.05, 0.1) is 6.54 Å². The maximum Gasteiger partial charge on any atom is 0.328 e. The fourth-order valence-corrected chi connectivity index (χ4v) is 3.04. The monoisotopic (exact) mass is 312 g/mol. The van der Waals surface area contributed by atoms with Crippen LogP contribution < -0.4 is 10.6 Å². The molecule has 5 nitrogen and oxygen atoms in total. The van der Waals surface area contributed by atoms with Crippen molar-refractivity contribution in [3.8, 4) is 6.07 Å². The highest BCUT2D eigenvalue weighted by atomic mass is 32.1. The van der Waals surface area contributed by atoms with Crippen LogP contribution in [0.5, 0.6) is 0 Å². The van der Waals surface area contributed by atoms with Crippen LogP contribution in [0.15, 0.2) is 35.1 Å². The van der Waals surface area contributed by atoms with Crippen LogP contribution in [-0.2, 0) is 6.54 Å². The minimum atomic E-state index is -0.269. The summed E-state index contributed by atoms with van der Waals surface area (Å²) in [6.45, 7) is 2.06. The number of H-pyrrole nitrogens is 1. The van der Waals surface area contributed by atoms with Gasteiger partial charge in [-0.3, -0.25) is 9.55 Å². The number of hydrogen-bond acceptors (Lipinski definition) is 4. The molecule has 0 saturated carbocycles. The molecule has 2 heterocycles. The van der Waals surface area contributed by atoms with Gasteiger partial charge in [0, 0.05) is 13.1 Å². The number of nitriles is 1. The topological polar surface area (TPSA) is 64.8 Å². The summed E-state index contributed by atoms with van der Waals surface area (Å²) >= 11 is 5.39. The van der Waals surface area contributed by atoms with E-state index in [1.54, 1.807) is 0 Å². The van der Waals surface area contributed by atoms with E-state index >= 15 is 0 Å². The van der Waals surface area contributed by atoms with Crippen molar-refractivity contribution in [3.05, 3.63) is 56.6 Å². The Morgan fingerprint density at radius 3 is 2.55 bits per heavy atom. The zero-order chi connectivity index (χ0) is 15.5. The summed E-state index contributed by atoms with van der Waals surface area (Å²) in [5.41, 5.74) is 1.09. The number of nitrogens with one attached hydrogen (secondary N) is 1. The number of aromatic nitrogens is 2. The van der Waals surface area contributed by atoms with Crippen LogP contribution in [0.1, 0.15) is 24.0 Å². The maximum atomic E-state index is 12.4. The molecule has 112 valence electrons. The molecule has 1 aromatic heterocycles. The zero-order valence-corrected chi connectivity index (χ0v) is 12.9. The van der Waals surface area contributed by atoms with Gasteiger partial charge in [0.25, 0.3) is 0 Å². The Kier molecular flexibility index (Phi) is 4.07. The molecular weight excluding hydrogens is 296 g/mol. The van der Waals surface area contributed by atoms with Gasteiger partial charge < -0.3 is 4.90 Å². The van der Waals surface area contributed by atoms with E-state index in [4.69, 9.17) is 12.2 Å². The lowest BCUT2D eigenvalue weighted by atomic mass is 10.2. The minimum absolute atomic E-state index is 0.269. The Bertz CT molecular complexity index is 826. The lowest BCUT2D eigenvalue weighted by molar-refractivity contribution is 0.708. The second kappa shape index (κ2) is 6.16. The molecule has 1 aliphatic rings. The van der Waals surface area contributed by atoms with Gasteiger partial charge in [0.15, 0.2) is 0 Å². The molecule has 6 heteroatoms. The van der Waals surface area contributed by atoms with Gasteiger partial charge in [0.1, 0.15) is 22.1 Å². The smallest absolute Gasteiger partial charge is 0.328 e. The first-order valence-electron chi connectivity index (χ1n) is 7.27. The fraction of sp³-hybridized carbons (Fsp3) is 0.312. The third-order valence-corrected chi connectivity index (χ3v) is 4.31. The predicted molar refractivity (Wildman–Crippen MR) is 87.6 cm³/mol. The molecule has 1 fully saturated rings. The van der Waals surface area contributed by atoms with Gasteiger partial charge in [0.2, 0.25) is 0 Å². The van der Waals surface area contributed by atoms with Crippen LogP contribution in [-0.4, -0.2) is 22.6 Å². The summed E-state index contributed by atoms with van der Waals surface area (Å²) in [4.78, 5) is 17.3. The second-order valence-electron chi connectivity index (χ2n) is 5.34. The lowest BCUT2D eigenvalue weighted by Crippen LogP contribution is -2.30. The lowest BCUT2D eigenvalue weighted by Gasteiger charge is -2.19. The molecule has 0 atom stereocenters. The average molecular weight is 312 g/mol. The normalized spacial score (nSPS) is 14.0. The molecule has 0 bridgehead atoms. The number of benzene rings is 1. The van der Waals surface area contributed by atoms with E-state index in [0.29, 0.717) is 22.6 Å². The molecule has 1 aliphatic heterocycles. The third kappa shape index (κ3) is 2.68. The van der Waals surface area contributed by atoms with E-state index in [-0.39, 0.29) is 5.69 Å². The number of rotatable bonds is 3. The van der Waals surface area contributed by atoms with Gasteiger partial charge in [-0.15, -0.1) is 0 Å². The molecule has 2 aromatic rings. The SMILES string of the molecule is N#Cc1c(N2CCCC2)[nH]c(=O)n(Cc2ccccc2)c1=S. The Hall–Kier alpha value is -2.39. The minimum Gasteiger partial charge on any atom is -0.357 e. The maximum absolute atomic E-state index is 12.4. The number of anilines is 1. The molecule has 1 saturated heterocycles. The van der Waals surface area contributed by atoms with E-state index in [0.717, 1.165) is 31.5 Å². The molecule has 0 spiro atoms. The van der Waals surface area contributed by atoms with Crippen molar-refractivity contribution in [2.24, 2.45) is 0 Å². The summed E-state index contributed by atoms with van der Waals surface area (Å²) in [6.07, 6.45) is 2.14. The summed E-state index contributed by atoms with van der Waals surface area (Å²) < 4.78 is 1.75. The van der Waals surface area contributed by atoms with Crippen molar-refractivity contribution in [1.29, 1.82) is 5.26 Å². The highest BCUT2D eigenvalue weighted by Gasteiger charge is 2.19. The van der Waals surface area contributed by atoms with E-state index < -0.39 is 0 Å². The molecular formula is C16H16N4OS. The largest absolute Gasteiger partial charge is 0.357 e. The van der Waals surface area contributed by atoms with E-state index in [2.05, 4.69) is 11.1 Å². The number of hydrogen-bond donors (Lipinski definition) is 1. The van der Waals surface area contributed by atoms with Crippen molar-refractivity contribution in [2.75, 3.05) is 18.0 Å². The summed E-state index contributed by atoms with van der Waals surface area (Å²) in [5.74, 6) is 0.569. The average Bonchev–Trinajstić information content (AvgIpc) is 3.06. The van der Waals surface area contributed by atoms with E-state index in [1.807, 2.05) is 35.2 Å². The highest BCUT2D eigenvalue weighted by Crippen LogP contribution is 2.21. The second-order valence-corrected chi connectivity index (χ2v) is 5.72. The Morgan fingerprint density at radius 2 is 1.91 bits per heavy atom. The van der Waals surface area contributed by atoms with E-state index in [1.165, 1.54) is 4.57 Å². The van der Waals surface area contributed by atoms with E-state index in [9.17, 15) is 10.1 Å². The van der Waals surface area contributed by atoms with Crippen molar-refractivity contribution in [2.45, 2.75) is 19.4 Å². The van der Waals surface area contributed by atoms with Crippen LogP contribution in [0.3, 0.4) is 0 Å². The molecule has 0 unspecified atom stereocenters. The highest BCUT2D eigenvalue weighted by molar-refractivity contribution is 7.71. The van der Waals surface area contributed by atoms with Crippen LogP contribution in [0.2, 0.25) is 0 Å². The number of nitrogens with zero attached hydrogens (tertiary/aromatic N) is 3. The fourth-order valence-electron chi connectivity index (χ4n) is 2.75. The molecule has 0 radical (unpaired) electrons. The summed E-state index contributed by atoms with van der Waals surface area (Å²) in [5, 5.41) is 9.46. The van der Waals surface area contributed by atoms with Gasteiger partial charge in [-0.2, -0.15) is 5.26 Å². The summed E-state index contributed by atoms with van der Waals surface area (Å²) in [6, 6.07) is 11.8. The molecule has 1 aromatic carbocycles. The Morgan fingerprint density at radius 1 is 1.23 bits per heavy atom. The van der Waals surface area contributed by atoms with Crippen molar-refractivity contribution < 1.29 is 0 Å². The first-order chi connectivity index (χ1) is 10.7.